The van der Waals surface area contributed by atoms with Crippen molar-refractivity contribution in [2.45, 2.75) is 0 Å². The van der Waals surface area contributed by atoms with Crippen LogP contribution in [0.2, 0.25) is 0 Å². The highest BCUT2D eigenvalue weighted by Crippen LogP contribution is 2.39. The number of fused-ring (bicyclic) bond motifs is 5. The Morgan fingerprint density at radius 2 is 0.854 bits per heavy atom. The predicted octanol–water partition coefficient (Wildman–Crippen LogP) is 8.55. The molecule has 0 atom stereocenters. The lowest BCUT2D eigenvalue weighted by Crippen LogP contribution is -2.66. The quantitative estimate of drug-likeness (QED) is 0.0829. The van der Waals surface area contributed by atoms with E-state index in [0.29, 0.717) is 0 Å². The van der Waals surface area contributed by atoms with Crippen molar-refractivity contribution in [3.8, 4) is 17.2 Å². The molecule has 0 unspecified atom stereocenters. The van der Waals surface area contributed by atoms with Crippen LogP contribution in [0, 0.1) is 11.5 Å². The highest BCUT2D eigenvalue weighted by molar-refractivity contribution is 7.16. The maximum absolute atomic E-state index is 4.94. The summed E-state index contributed by atoms with van der Waals surface area (Å²) in [6.45, 7) is 0. The Kier molecular flexibility index (Phi) is 6.74. The van der Waals surface area contributed by atoms with Gasteiger partial charge in [0.2, 0.25) is 8.07 Å². The van der Waals surface area contributed by atoms with Crippen molar-refractivity contribution < 1.29 is 0 Å². The third-order valence-corrected chi connectivity index (χ3v) is 13.7. The van der Waals surface area contributed by atoms with Crippen molar-refractivity contribution in [2.24, 2.45) is 0 Å². The van der Waals surface area contributed by atoms with Crippen molar-refractivity contribution in [2.75, 3.05) is 0 Å². The summed E-state index contributed by atoms with van der Waals surface area (Å²) >= 11 is 0. The molecule has 0 bridgehead atoms. The second-order valence-corrected chi connectivity index (χ2v) is 15.6. The Morgan fingerprint density at radius 1 is 0.417 bits per heavy atom. The van der Waals surface area contributed by atoms with Crippen LogP contribution in [0.4, 0.5) is 0 Å². The third kappa shape index (κ3) is 4.31. The van der Waals surface area contributed by atoms with Gasteiger partial charge in [0.1, 0.15) is 5.65 Å². The molecule has 2 nitrogen and oxygen atoms in total. The molecular weight excluding hydrogens is 597 g/mol. The number of hydrogen-bond acceptors (Lipinski definition) is 1. The summed E-state index contributed by atoms with van der Waals surface area (Å²) in [6, 6.07) is 63.0. The van der Waals surface area contributed by atoms with Crippen molar-refractivity contribution in [3.05, 3.63) is 188 Å². The summed E-state index contributed by atoms with van der Waals surface area (Å²) in [5, 5.41) is 10.7. The van der Waals surface area contributed by atoms with Crippen LogP contribution in [-0.4, -0.2) is 17.6 Å². The van der Waals surface area contributed by atoms with Gasteiger partial charge in [0.25, 0.3) is 0 Å². The molecular formula is C45H30N2Si. The average Bonchev–Trinajstić information content (AvgIpc) is 3.50. The Bertz CT molecular complexity index is 2460. The third-order valence-electron chi connectivity index (χ3n) is 9.56. The molecule has 0 aliphatic carbocycles. The molecule has 0 aliphatic heterocycles. The van der Waals surface area contributed by atoms with Crippen LogP contribution in [0.3, 0.4) is 0 Å². The molecule has 0 spiro atoms. The molecule has 9 rings (SSSR count). The molecule has 48 heavy (non-hydrogen) atoms. The van der Waals surface area contributed by atoms with Gasteiger partial charge < -0.3 is 0 Å². The maximum Gasteiger partial charge on any atom is 0.230 e. The Hall–Kier alpha value is -6.21. The summed E-state index contributed by atoms with van der Waals surface area (Å²) in [4.78, 5) is 4.94. The Balaban J connectivity index is 1.41. The minimum atomic E-state index is -2.80. The van der Waals surface area contributed by atoms with Gasteiger partial charge in [0, 0.05) is 44.1 Å². The van der Waals surface area contributed by atoms with Gasteiger partial charge >= 0.3 is 0 Å². The second kappa shape index (κ2) is 11.5. The molecule has 0 saturated carbocycles. The van der Waals surface area contributed by atoms with E-state index in [2.05, 4.69) is 186 Å². The molecule has 0 aliphatic rings. The summed E-state index contributed by atoms with van der Waals surface area (Å²) in [5.74, 6) is 3.90. The van der Waals surface area contributed by atoms with Crippen LogP contribution in [0.5, 0.6) is 0 Å². The largest absolute Gasteiger partial charge is 0.293 e. The number of aromatic nitrogens is 2. The zero-order valence-corrected chi connectivity index (χ0v) is 27.2. The van der Waals surface area contributed by atoms with E-state index in [1.165, 1.54) is 20.9 Å². The van der Waals surface area contributed by atoms with E-state index in [9.17, 15) is 0 Å². The van der Waals surface area contributed by atoms with Gasteiger partial charge in [-0.1, -0.05) is 164 Å². The molecule has 0 fully saturated rings. The maximum atomic E-state index is 4.94. The molecule has 3 heteroatoms. The first-order chi connectivity index (χ1) is 23.8. The van der Waals surface area contributed by atoms with Crippen LogP contribution < -0.4 is 15.6 Å². The molecule has 0 amide bonds. The summed E-state index contributed by atoms with van der Waals surface area (Å²) in [7, 11) is -2.80. The minimum absolute atomic E-state index is 0.955. The number of benzene rings is 7. The predicted molar refractivity (Wildman–Crippen MR) is 204 cm³/mol. The van der Waals surface area contributed by atoms with E-state index >= 15 is 0 Å². The molecule has 0 saturated heterocycles. The summed E-state index contributed by atoms with van der Waals surface area (Å²) in [6.07, 6.45) is 1.89. The van der Waals surface area contributed by atoms with Gasteiger partial charge in [-0.25, -0.2) is 4.98 Å². The molecule has 2 heterocycles. The number of hydrogen-bond donors (Lipinski definition) is 0. The zero-order valence-electron chi connectivity index (χ0n) is 26.2. The minimum Gasteiger partial charge on any atom is -0.293 e. The number of pyridine rings is 1. The van der Waals surface area contributed by atoms with E-state index in [0.717, 1.165) is 49.3 Å². The smallest absolute Gasteiger partial charge is 0.230 e. The van der Waals surface area contributed by atoms with Gasteiger partial charge in [-0.05, 0) is 33.8 Å². The van der Waals surface area contributed by atoms with Crippen molar-refractivity contribution in [1.82, 2.24) is 9.55 Å². The number of nitrogens with zero attached hydrogens (tertiary/aromatic N) is 2. The first-order valence-electron chi connectivity index (χ1n) is 16.3. The van der Waals surface area contributed by atoms with E-state index in [1.807, 2.05) is 12.3 Å². The molecule has 0 N–H and O–H groups in total. The highest BCUT2D eigenvalue weighted by Gasteiger charge is 2.38. The fourth-order valence-corrected chi connectivity index (χ4v) is 11.3. The SMILES string of the molecule is C(#C[Si](c1ccccc1)(c1ccccc1)c1ccccc1)c1c2ccccc2c(-n2c3ccccc3c3cccnc32)c2ccccc12. The van der Waals surface area contributed by atoms with E-state index in [4.69, 9.17) is 4.98 Å². The van der Waals surface area contributed by atoms with Crippen molar-refractivity contribution in [1.29, 1.82) is 0 Å². The number of para-hydroxylation sites is 1. The molecule has 2 aromatic heterocycles. The molecule has 7 aromatic carbocycles. The monoisotopic (exact) mass is 626 g/mol. The first-order valence-corrected chi connectivity index (χ1v) is 18.3. The normalized spacial score (nSPS) is 11.6. The van der Waals surface area contributed by atoms with Crippen LogP contribution in [-0.2, 0) is 0 Å². The van der Waals surface area contributed by atoms with E-state index in [1.54, 1.807) is 0 Å². The zero-order chi connectivity index (χ0) is 31.9. The molecule has 9 aromatic rings. The van der Waals surface area contributed by atoms with Gasteiger partial charge in [0.15, 0.2) is 0 Å². The van der Waals surface area contributed by atoms with Gasteiger partial charge in [-0.2, -0.15) is 0 Å². The van der Waals surface area contributed by atoms with Crippen LogP contribution in [0.1, 0.15) is 5.56 Å². The standard InChI is InChI=1S/C45H30N2Si/c1-4-17-33(18-5-1)48(34-19-6-2-7-20-34,35-21-8-3-9-22-35)32-30-38-36-23-10-12-26-40(36)44(41-27-13-11-24-37(38)41)47-43-29-15-14-25-39(43)42-28-16-31-46-45(42)47/h1-29,31H. The topological polar surface area (TPSA) is 17.8 Å². The van der Waals surface area contributed by atoms with Crippen LogP contribution in [0.25, 0.3) is 49.2 Å². The van der Waals surface area contributed by atoms with Crippen molar-refractivity contribution in [3.63, 3.8) is 0 Å². The summed E-state index contributed by atoms with van der Waals surface area (Å²) < 4.78 is 2.35. The Labute approximate surface area is 280 Å². The second-order valence-electron chi connectivity index (χ2n) is 12.1. The lowest BCUT2D eigenvalue weighted by Gasteiger charge is -2.28. The van der Waals surface area contributed by atoms with Gasteiger partial charge in [-0.3, -0.25) is 4.57 Å². The first kappa shape index (κ1) is 28.0. The fourth-order valence-electron chi connectivity index (χ4n) is 7.44. The van der Waals surface area contributed by atoms with Gasteiger partial charge in [-0.15, -0.1) is 5.54 Å². The van der Waals surface area contributed by atoms with Gasteiger partial charge in [0.05, 0.1) is 11.2 Å². The van der Waals surface area contributed by atoms with Crippen LogP contribution in [0.15, 0.2) is 182 Å². The van der Waals surface area contributed by atoms with Crippen LogP contribution >= 0.6 is 0 Å². The highest BCUT2D eigenvalue weighted by atomic mass is 28.3. The summed E-state index contributed by atoms with van der Waals surface area (Å²) in [5.41, 5.74) is 8.35. The van der Waals surface area contributed by atoms with E-state index in [-0.39, 0.29) is 0 Å². The molecule has 0 radical (unpaired) electrons. The lowest BCUT2D eigenvalue weighted by molar-refractivity contribution is 1.16. The lowest BCUT2D eigenvalue weighted by atomic mass is 9.95. The Morgan fingerprint density at radius 3 is 1.40 bits per heavy atom. The fraction of sp³-hybridized carbons (Fsp3) is 0. The average molecular weight is 627 g/mol. The molecule has 224 valence electrons. The van der Waals surface area contributed by atoms with Crippen molar-refractivity contribution >= 4 is 67.1 Å². The number of rotatable bonds is 4. The van der Waals surface area contributed by atoms with E-state index < -0.39 is 8.07 Å².